The van der Waals surface area contributed by atoms with Crippen LogP contribution in [0.5, 0.6) is 23.0 Å². The maximum atomic E-state index is 11.5. The Hall–Kier alpha value is -4.98. The van der Waals surface area contributed by atoms with Crippen molar-refractivity contribution in [3.8, 4) is 23.0 Å². The fourth-order valence-corrected chi connectivity index (χ4v) is 6.30. The van der Waals surface area contributed by atoms with Crippen molar-refractivity contribution in [2.24, 2.45) is 9.98 Å². The monoisotopic (exact) mass is 900 g/mol. The molecule has 0 fully saturated rings. The van der Waals surface area contributed by atoms with E-state index in [2.05, 4.69) is 52.0 Å². The Balaban J connectivity index is 0.000000450. The van der Waals surface area contributed by atoms with Crippen LogP contribution in [0.25, 0.3) is 0 Å². The van der Waals surface area contributed by atoms with E-state index in [4.69, 9.17) is 20.2 Å². The summed E-state index contributed by atoms with van der Waals surface area (Å²) in [5.41, 5.74) is 6.11. The summed E-state index contributed by atoms with van der Waals surface area (Å²) >= 11 is 0. The van der Waals surface area contributed by atoms with Crippen molar-refractivity contribution in [3.05, 3.63) is 106 Å². The van der Waals surface area contributed by atoms with Gasteiger partial charge in [0.15, 0.2) is 0 Å². The molecule has 4 aromatic rings. The number of phenolic OH excluding ortho intramolecular Hbond substituents is 2. The standard InChI is InChI=1S/C22H28N2.2C13H18O4.Pd/c1-3-5-17-21(23-19-13-9-7-10-14-19)22(18-6-4-2)24-20-15-11-8-12-16-20;2*1-3-4-5-6-9-7-10(14)12(15)11(8(9)2)13(16)17;/h7-16H,3-6,17-18H2,1-2H3;2*7,14-15H,3-6H2,1-2H3,(H,16,17);/q;;;+2/p-2. The summed E-state index contributed by atoms with van der Waals surface area (Å²) in [6.45, 7) is 11.8. The molecule has 0 spiro atoms. The summed E-state index contributed by atoms with van der Waals surface area (Å²) in [6, 6.07) is 23.2. The number of hydrogen-bond donors (Lipinski definition) is 4. The molecule has 59 heavy (non-hydrogen) atoms. The van der Waals surface area contributed by atoms with E-state index in [1.807, 2.05) is 36.4 Å². The van der Waals surface area contributed by atoms with E-state index >= 15 is 0 Å². The number of nitrogens with zero attached hydrogens (tertiary/aromatic N) is 2. The molecule has 0 aromatic heterocycles. The zero-order valence-electron chi connectivity index (χ0n) is 35.5. The molecule has 0 saturated heterocycles. The van der Waals surface area contributed by atoms with Crippen LogP contribution in [0.1, 0.15) is 148 Å². The Kier molecular flexibility index (Phi) is 25.1. The number of carboxylic acid groups (broad SMARTS) is 2. The van der Waals surface area contributed by atoms with E-state index in [1.54, 1.807) is 13.8 Å². The van der Waals surface area contributed by atoms with Crippen molar-refractivity contribution in [2.45, 2.75) is 131 Å². The van der Waals surface area contributed by atoms with Crippen molar-refractivity contribution in [2.75, 3.05) is 0 Å². The summed E-state index contributed by atoms with van der Waals surface area (Å²) < 4.78 is 0. The maximum Gasteiger partial charge on any atom is 2.00 e. The van der Waals surface area contributed by atoms with Crippen LogP contribution in [0.4, 0.5) is 11.4 Å². The number of aromatic carboxylic acids is 2. The average molecular weight is 901 g/mol. The van der Waals surface area contributed by atoms with Crippen LogP contribution < -0.4 is 10.2 Å². The number of para-hydroxylation sites is 2. The van der Waals surface area contributed by atoms with Crippen LogP contribution in [0, 0.1) is 13.8 Å². The Morgan fingerprint density at radius 2 is 0.864 bits per heavy atom. The number of aliphatic imine (C=N–C) groups is 2. The molecule has 0 saturated carbocycles. The van der Waals surface area contributed by atoms with Crippen molar-refractivity contribution >= 4 is 34.7 Å². The Morgan fingerprint density at radius 3 is 1.15 bits per heavy atom. The van der Waals surface area contributed by atoms with Gasteiger partial charge in [-0.05, 0) is 124 Å². The van der Waals surface area contributed by atoms with Gasteiger partial charge in [-0.25, -0.2) is 9.59 Å². The molecule has 0 atom stereocenters. The van der Waals surface area contributed by atoms with Gasteiger partial charge in [-0.1, -0.05) is 114 Å². The van der Waals surface area contributed by atoms with Crippen molar-refractivity contribution < 1.29 is 60.7 Å². The molecule has 4 aromatic carbocycles. The van der Waals surface area contributed by atoms with Gasteiger partial charge in [-0.2, -0.15) is 0 Å². The molecule has 4 N–H and O–H groups in total. The minimum atomic E-state index is -1.28. The van der Waals surface area contributed by atoms with Crippen LogP contribution in [0.2, 0.25) is 0 Å². The summed E-state index contributed by atoms with van der Waals surface area (Å²) in [5, 5.41) is 59.7. The zero-order chi connectivity index (χ0) is 43.0. The van der Waals surface area contributed by atoms with Crippen molar-refractivity contribution in [1.82, 2.24) is 0 Å². The fourth-order valence-electron chi connectivity index (χ4n) is 6.30. The van der Waals surface area contributed by atoms with Gasteiger partial charge in [-0.15, -0.1) is 0 Å². The van der Waals surface area contributed by atoms with Gasteiger partial charge < -0.3 is 30.6 Å². The second-order valence-electron chi connectivity index (χ2n) is 14.3. The molecule has 0 bridgehead atoms. The van der Waals surface area contributed by atoms with Crippen LogP contribution in [-0.4, -0.2) is 43.8 Å². The molecule has 322 valence electrons. The second kappa shape index (κ2) is 28.4. The second-order valence-corrected chi connectivity index (χ2v) is 14.3. The third-order valence-corrected chi connectivity index (χ3v) is 9.69. The van der Waals surface area contributed by atoms with E-state index in [-0.39, 0.29) is 31.5 Å². The number of benzene rings is 4. The van der Waals surface area contributed by atoms with Gasteiger partial charge in [0.25, 0.3) is 0 Å². The molecule has 4 rings (SSSR count). The predicted octanol–water partition coefficient (Wildman–Crippen LogP) is 11.3. The van der Waals surface area contributed by atoms with E-state index in [1.165, 1.54) is 25.0 Å². The summed E-state index contributed by atoms with van der Waals surface area (Å²) in [6.07, 6.45) is 14.0. The molecule has 0 unspecified atom stereocenters. The van der Waals surface area contributed by atoms with Gasteiger partial charge in [-0.3, -0.25) is 9.98 Å². The van der Waals surface area contributed by atoms with Gasteiger partial charge in [0.2, 0.25) is 0 Å². The number of aromatic hydroxyl groups is 2. The van der Waals surface area contributed by atoms with Gasteiger partial charge in [0.1, 0.15) is 11.5 Å². The van der Waals surface area contributed by atoms with E-state index in [0.717, 1.165) is 98.1 Å². The summed E-state index contributed by atoms with van der Waals surface area (Å²) in [5.74, 6) is -5.09. The molecule has 0 amide bonds. The van der Waals surface area contributed by atoms with Gasteiger partial charge in [0, 0.05) is 0 Å². The molecular weight excluding hydrogens is 839 g/mol. The van der Waals surface area contributed by atoms with Gasteiger partial charge >= 0.3 is 32.4 Å². The minimum absolute atomic E-state index is 0. The van der Waals surface area contributed by atoms with Crippen LogP contribution in [0.15, 0.2) is 82.8 Å². The van der Waals surface area contributed by atoms with Crippen LogP contribution in [0.3, 0.4) is 0 Å². The number of carbonyl (C=O) groups is 2. The molecule has 0 aliphatic carbocycles. The summed E-state index contributed by atoms with van der Waals surface area (Å²) in [7, 11) is 0. The Morgan fingerprint density at radius 1 is 0.542 bits per heavy atom. The first-order chi connectivity index (χ1) is 27.8. The topological polar surface area (TPSA) is 186 Å². The van der Waals surface area contributed by atoms with Gasteiger partial charge in [0.05, 0.1) is 33.9 Å². The fraction of sp³-hybridized carbons (Fsp3) is 0.417. The van der Waals surface area contributed by atoms with E-state index in [0.29, 0.717) is 24.0 Å². The molecule has 0 heterocycles. The van der Waals surface area contributed by atoms with E-state index < -0.39 is 34.9 Å². The van der Waals surface area contributed by atoms with Crippen LogP contribution in [-0.2, 0) is 33.3 Å². The minimum Gasteiger partial charge on any atom is -0.869 e. The number of unbranched alkanes of at least 4 members (excludes halogenated alkanes) is 6. The Bertz CT molecular complexity index is 1810. The normalized spacial score (nSPS) is 11.1. The zero-order valence-corrected chi connectivity index (χ0v) is 37.0. The number of carboxylic acids is 2. The first-order valence-corrected chi connectivity index (χ1v) is 20.6. The number of hydrogen-bond acceptors (Lipinski definition) is 8. The SMILES string of the molecule is CCCCC(=Nc1ccccc1)C(CCCC)=Nc1ccccc1.CCCCCc1cc(O)c([O-])c(C(=O)O)c1C.CCCCCc1cc(O)c([O-])c(C(=O)O)c1C.[Pd+2]. The van der Waals surface area contributed by atoms with Crippen LogP contribution >= 0.6 is 0 Å². The molecule has 0 aliphatic rings. The van der Waals surface area contributed by atoms with E-state index in [9.17, 15) is 30.0 Å². The first-order valence-electron chi connectivity index (χ1n) is 20.6. The molecule has 11 heteroatoms. The van der Waals surface area contributed by atoms with Crippen molar-refractivity contribution in [3.63, 3.8) is 0 Å². The first kappa shape index (κ1) is 52.0. The third-order valence-electron chi connectivity index (χ3n) is 9.69. The molecule has 0 radical (unpaired) electrons. The molecule has 0 aliphatic heterocycles. The number of phenols is 2. The molecular formula is C48H62N2O8Pd. The average Bonchev–Trinajstić information content (AvgIpc) is 3.20. The molecule has 10 nitrogen and oxygen atoms in total. The maximum absolute atomic E-state index is 11.5. The predicted molar refractivity (Wildman–Crippen MR) is 231 cm³/mol. The largest absolute Gasteiger partial charge is 2.00 e. The van der Waals surface area contributed by atoms with Crippen molar-refractivity contribution in [1.29, 1.82) is 0 Å². The third kappa shape index (κ3) is 17.4. The smallest absolute Gasteiger partial charge is 0.869 e. The summed E-state index contributed by atoms with van der Waals surface area (Å²) in [4.78, 5) is 31.8. The number of rotatable bonds is 19. The number of aryl methyl sites for hydroxylation is 2. The quantitative estimate of drug-likeness (QED) is 0.0407. The Labute approximate surface area is 364 Å².